The monoisotopic (exact) mass is 278 g/mol. The van der Waals surface area contributed by atoms with Crippen LogP contribution in [0.5, 0.6) is 0 Å². The topological polar surface area (TPSA) is 41.1 Å². The number of anilines is 2. The number of aryl methyl sites for hydroxylation is 1. The lowest BCUT2D eigenvalue weighted by atomic mass is 10.2. The molecule has 0 aromatic heterocycles. The highest BCUT2D eigenvalue weighted by molar-refractivity contribution is 6.30. The highest BCUT2D eigenvalue weighted by atomic mass is 35.5. The van der Waals surface area contributed by atoms with E-state index in [0.717, 1.165) is 0 Å². The van der Waals surface area contributed by atoms with Crippen molar-refractivity contribution >= 4 is 29.0 Å². The highest BCUT2D eigenvalue weighted by Gasteiger charge is 2.04. The van der Waals surface area contributed by atoms with E-state index in [4.69, 9.17) is 11.6 Å². The molecular weight excluding hydrogens is 267 g/mol. The van der Waals surface area contributed by atoms with E-state index in [1.54, 1.807) is 37.3 Å². The van der Waals surface area contributed by atoms with Gasteiger partial charge >= 0.3 is 6.03 Å². The molecule has 0 fully saturated rings. The number of carbonyl (C=O) groups is 1. The van der Waals surface area contributed by atoms with Gasteiger partial charge in [0.05, 0.1) is 0 Å². The molecule has 0 spiro atoms. The molecule has 2 N–H and O–H groups in total. The first-order valence-electron chi connectivity index (χ1n) is 5.64. The average molecular weight is 279 g/mol. The molecule has 0 bridgehead atoms. The van der Waals surface area contributed by atoms with Crippen LogP contribution in [0.4, 0.5) is 20.6 Å². The van der Waals surface area contributed by atoms with Crippen molar-refractivity contribution in [1.82, 2.24) is 0 Å². The normalized spacial score (nSPS) is 10.1. The molecule has 98 valence electrons. The maximum atomic E-state index is 13.1. The van der Waals surface area contributed by atoms with E-state index in [2.05, 4.69) is 10.6 Å². The van der Waals surface area contributed by atoms with Crippen LogP contribution in [0.2, 0.25) is 5.02 Å². The number of hydrogen-bond donors (Lipinski definition) is 2. The Kier molecular flexibility index (Phi) is 4.02. The molecule has 0 heterocycles. The van der Waals surface area contributed by atoms with Crippen LogP contribution in [0.25, 0.3) is 0 Å². The Labute approximate surface area is 115 Å². The van der Waals surface area contributed by atoms with Crippen LogP contribution in [0.3, 0.4) is 0 Å². The van der Waals surface area contributed by atoms with Crippen molar-refractivity contribution in [1.29, 1.82) is 0 Å². The molecular formula is C14H12ClFN2O. The van der Waals surface area contributed by atoms with E-state index >= 15 is 0 Å². The van der Waals surface area contributed by atoms with Gasteiger partial charge < -0.3 is 10.6 Å². The van der Waals surface area contributed by atoms with Gasteiger partial charge in [0, 0.05) is 16.4 Å². The van der Waals surface area contributed by atoms with Crippen LogP contribution in [0, 0.1) is 12.7 Å². The summed E-state index contributed by atoms with van der Waals surface area (Å²) in [6.45, 7) is 1.63. The summed E-state index contributed by atoms with van der Waals surface area (Å²) >= 11 is 5.81. The minimum Gasteiger partial charge on any atom is -0.308 e. The zero-order valence-corrected chi connectivity index (χ0v) is 11.0. The molecule has 3 nitrogen and oxygen atoms in total. The third-order valence-electron chi connectivity index (χ3n) is 2.50. The van der Waals surface area contributed by atoms with Crippen molar-refractivity contribution in [3.05, 3.63) is 58.9 Å². The fourth-order valence-corrected chi connectivity index (χ4v) is 1.77. The van der Waals surface area contributed by atoms with Gasteiger partial charge in [-0.2, -0.15) is 0 Å². The number of rotatable bonds is 2. The lowest BCUT2D eigenvalue weighted by Crippen LogP contribution is -2.19. The van der Waals surface area contributed by atoms with Gasteiger partial charge in [0.2, 0.25) is 0 Å². The van der Waals surface area contributed by atoms with Gasteiger partial charge in [-0.1, -0.05) is 17.7 Å². The minimum atomic E-state index is -0.409. The van der Waals surface area contributed by atoms with Crippen LogP contribution in [-0.2, 0) is 0 Å². The minimum absolute atomic E-state index is 0.305. The first kappa shape index (κ1) is 13.4. The Morgan fingerprint density at radius 3 is 2.42 bits per heavy atom. The van der Waals surface area contributed by atoms with E-state index in [1.165, 1.54) is 12.1 Å². The SMILES string of the molecule is Cc1cc(NC(=O)Nc2cccc(Cl)c2)ccc1F. The summed E-state index contributed by atoms with van der Waals surface area (Å²) in [6.07, 6.45) is 0. The predicted octanol–water partition coefficient (Wildman–Crippen LogP) is 4.43. The van der Waals surface area contributed by atoms with Crippen LogP contribution >= 0.6 is 11.6 Å². The zero-order chi connectivity index (χ0) is 13.8. The Hall–Kier alpha value is -2.07. The molecule has 2 aromatic carbocycles. The van der Waals surface area contributed by atoms with E-state index in [0.29, 0.717) is 22.0 Å². The maximum Gasteiger partial charge on any atom is 0.323 e. The first-order chi connectivity index (χ1) is 9.04. The molecule has 2 rings (SSSR count). The largest absolute Gasteiger partial charge is 0.323 e. The van der Waals surface area contributed by atoms with Gasteiger partial charge in [-0.3, -0.25) is 0 Å². The summed E-state index contributed by atoms with van der Waals surface area (Å²) in [6, 6.07) is 10.8. The third-order valence-corrected chi connectivity index (χ3v) is 2.73. The summed E-state index contributed by atoms with van der Waals surface area (Å²) in [4.78, 5) is 11.7. The second-order valence-electron chi connectivity index (χ2n) is 4.05. The lowest BCUT2D eigenvalue weighted by molar-refractivity contribution is 0.262. The Morgan fingerprint density at radius 2 is 1.79 bits per heavy atom. The van der Waals surface area contributed by atoms with Crippen LogP contribution in [-0.4, -0.2) is 6.03 Å². The summed E-state index contributed by atoms with van der Waals surface area (Å²) < 4.78 is 13.1. The molecule has 19 heavy (non-hydrogen) atoms. The van der Waals surface area contributed by atoms with Gasteiger partial charge in [0.1, 0.15) is 5.82 Å². The van der Waals surface area contributed by atoms with E-state index in [-0.39, 0.29) is 5.82 Å². The quantitative estimate of drug-likeness (QED) is 0.838. The molecule has 0 aliphatic heterocycles. The van der Waals surface area contributed by atoms with Crippen LogP contribution < -0.4 is 10.6 Å². The van der Waals surface area contributed by atoms with Crippen molar-refractivity contribution in [3.63, 3.8) is 0 Å². The summed E-state index contributed by atoms with van der Waals surface area (Å²) in [5.41, 5.74) is 1.59. The fourth-order valence-electron chi connectivity index (χ4n) is 1.58. The number of nitrogens with one attached hydrogen (secondary N) is 2. The standard InChI is InChI=1S/C14H12ClFN2O/c1-9-7-12(5-6-13(9)16)18-14(19)17-11-4-2-3-10(15)8-11/h2-8H,1H3,(H2,17,18,19). The molecule has 5 heteroatoms. The summed E-state index contributed by atoms with van der Waals surface area (Å²) in [5.74, 6) is -0.305. The number of urea groups is 1. The van der Waals surface area contributed by atoms with E-state index in [9.17, 15) is 9.18 Å². The Bertz CT molecular complexity index is 616. The van der Waals surface area contributed by atoms with Gasteiger partial charge in [-0.25, -0.2) is 9.18 Å². The van der Waals surface area contributed by atoms with Crippen molar-refractivity contribution in [3.8, 4) is 0 Å². The Balaban J connectivity index is 2.03. The fraction of sp³-hybridized carbons (Fsp3) is 0.0714. The van der Waals surface area contributed by atoms with Crippen molar-refractivity contribution < 1.29 is 9.18 Å². The van der Waals surface area contributed by atoms with E-state index < -0.39 is 6.03 Å². The van der Waals surface area contributed by atoms with Crippen LogP contribution in [0.15, 0.2) is 42.5 Å². The molecule has 0 aliphatic rings. The number of amides is 2. The molecule has 0 aliphatic carbocycles. The van der Waals surface area contributed by atoms with Crippen molar-refractivity contribution in [2.75, 3.05) is 10.6 Å². The predicted molar refractivity (Wildman–Crippen MR) is 75.2 cm³/mol. The summed E-state index contributed by atoms with van der Waals surface area (Å²) in [5, 5.41) is 5.79. The molecule has 2 amide bonds. The van der Waals surface area contributed by atoms with Crippen LogP contribution in [0.1, 0.15) is 5.56 Å². The molecule has 0 saturated heterocycles. The summed E-state index contributed by atoms with van der Waals surface area (Å²) in [7, 11) is 0. The zero-order valence-electron chi connectivity index (χ0n) is 10.2. The second-order valence-corrected chi connectivity index (χ2v) is 4.49. The second kappa shape index (κ2) is 5.71. The average Bonchev–Trinajstić information content (AvgIpc) is 2.34. The number of benzene rings is 2. The van der Waals surface area contributed by atoms with Gasteiger partial charge in [0.15, 0.2) is 0 Å². The Morgan fingerprint density at radius 1 is 1.11 bits per heavy atom. The number of hydrogen-bond acceptors (Lipinski definition) is 1. The van der Waals surface area contributed by atoms with Gasteiger partial charge in [-0.15, -0.1) is 0 Å². The van der Waals surface area contributed by atoms with E-state index in [1.807, 2.05) is 0 Å². The smallest absolute Gasteiger partial charge is 0.308 e. The van der Waals surface area contributed by atoms with Crippen molar-refractivity contribution in [2.24, 2.45) is 0 Å². The van der Waals surface area contributed by atoms with Gasteiger partial charge in [-0.05, 0) is 48.9 Å². The van der Waals surface area contributed by atoms with Crippen molar-refractivity contribution in [2.45, 2.75) is 6.92 Å². The highest BCUT2D eigenvalue weighted by Crippen LogP contribution is 2.16. The number of carbonyl (C=O) groups excluding carboxylic acids is 1. The molecule has 0 unspecified atom stereocenters. The lowest BCUT2D eigenvalue weighted by Gasteiger charge is -2.08. The molecule has 2 aromatic rings. The maximum absolute atomic E-state index is 13.1. The molecule has 0 atom stereocenters. The third kappa shape index (κ3) is 3.69. The number of halogens is 2. The first-order valence-corrected chi connectivity index (χ1v) is 6.02. The molecule has 0 saturated carbocycles. The van der Waals surface area contributed by atoms with Gasteiger partial charge in [0.25, 0.3) is 0 Å². The molecule has 0 radical (unpaired) electrons.